The third kappa shape index (κ3) is 3.96. The van der Waals surface area contributed by atoms with Gasteiger partial charge in [0.05, 0.1) is 22.4 Å². The fourth-order valence-corrected chi connectivity index (χ4v) is 8.64. The van der Waals surface area contributed by atoms with Gasteiger partial charge in [0, 0.05) is 38.4 Å². The zero-order valence-electron chi connectivity index (χ0n) is 28.4. The summed E-state index contributed by atoms with van der Waals surface area (Å²) in [5.74, 6) is 1.36. The Hall–Kier alpha value is -7.24. The van der Waals surface area contributed by atoms with Crippen LogP contribution in [-0.4, -0.2) is 14.5 Å². The highest BCUT2D eigenvalue weighted by Gasteiger charge is 2.28. The molecule has 0 aliphatic carbocycles. The molecule has 4 heterocycles. The molecule has 0 saturated heterocycles. The zero-order valence-corrected chi connectivity index (χ0v) is 28.4. The van der Waals surface area contributed by atoms with Crippen LogP contribution in [0, 0.1) is 0 Å². The van der Waals surface area contributed by atoms with Crippen LogP contribution >= 0.6 is 0 Å². The molecule has 3 aromatic heterocycles. The molecular formula is C48H28N4O. The summed E-state index contributed by atoms with van der Waals surface area (Å²) >= 11 is 0. The van der Waals surface area contributed by atoms with Gasteiger partial charge in [0.1, 0.15) is 11.1 Å². The summed E-state index contributed by atoms with van der Waals surface area (Å²) in [7, 11) is 0. The number of hydrogen-bond donors (Lipinski definition) is 0. The van der Waals surface area contributed by atoms with E-state index < -0.39 is 0 Å². The van der Waals surface area contributed by atoms with E-state index in [1.165, 1.54) is 21.9 Å². The first-order valence-electron chi connectivity index (χ1n) is 17.9. The van der Waals surface area contributed by atoms with E-state index in [0.717, 1.165) is 77.5 Å². The van der Waals surface area contributed by atoms with Gasteiger partial charge in [-0.1, -0.05) is 121 Å². The summed E-state index contributed by atoms with van der Waals surface area (Å²) in [5.41, 5.74) is 11.1. The number of fused-ring (bicyclic) bond motifs is 9. The molecule has 5 heteroatoms. The van der Waals surface area contributed by atoms with E-state index in [1.807, 2.05) is 18.2 Å². The number of nitrogens with zero attached hydrogens (tertiary/aromatic N) is 4. The topological polar surface area (TPSA) is 47.1 Å². The number of furan rings is 1. The average molecular weight is 677 g/mol. The Balaban J connectivity index is 1.19. The molecule has 246 valence electrons. The minimum atomic E-state index is 0.642. The lowest BCUT2D eigenvalue weighted by Crippen LogP contribution is -2.15. The van der Waals surface area contributed by atoms with Crippen molar-refractivity contribution in [3.05, 3.63) is 170 Å². The summed E-state index contributed by atoms with van der Waals surface area (Å²) < 4.78 is 8.89. The zero-order chi connectivity index (χ0) is 34.6. The highest BCUT2D eigenvalue weighted by molar-refractivity contribution is 6.15. The van der Waals surface area contributed by atoms with Crippen LogP contribution in [-0.2, 0) is 0 Å². The lowest BCUT2D eigenvalue weighted by atomic mass is 9.90. The Morgan fingerprint density at radius 3 is 1.91 bits per heavy atom. The Bertz CT molecular complexity index is 3260. The smallest absolute Gasteiger partial charge is 0.197 e. The second-order valence-corrected chi connectivity index (χ2v) is 13.8. The number of anilines is 3. The van der Waals surface area contributed by atoms with Gasteiger partial charge in [0.25, 0.3) is 0 Å². The first-order chi connectivity index (χ1) is 26.3. The molecule has 8 aromatic carbocycles. The molecule has 0 N–H and O–H groups in total. The third-order valence-corrected chi connectivity index (χ3v) is 10.9. The maximum absolute atomic E-state index is 6.65. The number of benzene rings is 8. The van der Waals surface area contributed by atoms with E-state index in [-0.39, 0.29) is 0 Å². The van der Waals surface area contributed by atoms with E-state index in [0.29, 0.717) is 11.4 Å². The fourth-order valence-electron chi connectivity index (χ4n) is 8.64. The van der Waals surface area contributed by atoms with Crippen molar-refractivity contribution in [2.75, 3.05) is 4.90 Å². The van der Waals surface area contributed by atoms with Gasteiger partial charge in [0.15, 0.2) is 17.2 Å². The molecule has 0 radical (unpaired) electrons. The summed E-state index contributed by atoms with van der Waals surface area (Å²) in [5, 5.41) is 7.96. The van der Waals surface area contributed by atoms with Crippen LogP contribution in [0.2, 0.25) is 0 Å². The van der Waals surface area contributed by atoms with Crippen LogP contribution in [0.3, 0.4) is 0 Å². The molecule has 0 atom stereocenters. The number of rotatable bonds is 3. The standard InChI is InChI=1S/C48H28N4O/c1-2-16-32-30(13-1)27-31(51-39-22-7-5-19-35(39)36-21-11-14-29-15-12-25-42(51)44(29)36)28-38(32)47-49-45-37-20-6-10-26-43(37)53-46(45)48(50-47)52-40-23-8-3-17-33(40)34-18-4-9-24-41(34)52/h1-28H. The molecule has 1 aliphatic rings. The first kappa shape index (κ1) is 28.5. The lowest BCUT2D eigenvalue weighted by Gasteiger charge is -2.34. The highest BCUT2D eigenvalue weighted by atomic mass is 16.3. The van der Waals surface area contributed by atoms with Gasteiger partial charge in [0.2, 0.25) is 0 Å². The van der Waals surface area contributed by atoms with Crippen molar-refractivity contribution >= 4 is 82.5 Å². The normalized spacial score (nSPS) is 12.5. The Morgan fingerprint density at radius 2 is 1.08 bits per heavy atom. The molecule has 0 unspecified atom stereocenters. The van der Waals surface area contributed by atoms with E-state index in [9.17, 15) is 0 Å². The van der Waals surface area contributed by atoms with Crippen molar-refractivity contribution in [2.45, 2.75) is 0 Å². The van der Waals surface area contributed by atoms with Gasteiger partial charge < -0.3 is 9.32 Å². The summed E-state index contributed by atoms with van der Waals surface area (Å²) in [6.07, 6.45) is 0. The molecule has 5 nitrogen and oxygen atoms in total. The van der Waals surface area contributed by atoms with Gasteiger partial charge in [-0.15, -0.1) is 0 Å². The summed E-state index contributed by atoms with van der Waals surface area (Å²) in [6, 6.07) is 60.2. The molecule has 1 aliphatic heterocycles. The van der Waals surface area contributed by atoms with Gasteiger partial charge in [-0.2, -0.15) is 0 Å². The van der Waals surface area contributed by atoms with Crippen molar-refractivity contribution in [3.63, 3.8) is 0 Å². The Kier molecular flexibility index (Phi) is 5.71. The van der Waals surface area contributed by atoms with Crippen LogP contribution in [0.25, 0.3) is 93.8 Å². The molecule has 0 bridgehead atoms. The largest absolute Gasteiger partial charge is 0.450 e. The van der Waals surface area contributed by atoms with E-state index >= 15 is 0 Å². The number of hydrogen-bond acceptors (Lipinski definition) is 4. The number of para-hydroxylation sites is 4. The van der Waals surface area contributed by atoms with Crippen LogP contribution in [0.1, 0.15) is 0 Å². The van der Waals surface area contributed by atoms with E-state index in [1.54, 1.807) is 0 Å². The Morgan fingerprint density at radius 1 is 0.453 bits per heavy atom. The van der Waals surface area contributed by atoms with Crippen molar-refractivity contribution in [3.8, 4) is 28.3 Å². The maximum Gasteiger partial charge on any atom is 0.197 e. The van der Waals surface area contributed by atoms with Gasteiger partial charge in [-0.05, 0) is 70.3 Å². The van der Waals surface area contributed by atoms with Gasteiger partial charge in [-0.3, -0.25) is 4.57 Å². The van der Waals surface area contributed by atoms with Gasteiger partial charge in [-0.25, -0.2) is 9.97 Å². The van der Waals surface area contributed by atoms with Crippen molar-refractivity contribution in [1.82, 2.24) is 14.5 Å². The van der Waals surface area contributed by atoms with Crippen LogP contribution in [0.5, 0.6) is 0 Å². The monoisotopic (exact) mass is 676 g/mol. The SMILES string of the molecule is c1ccc2c(c1)-c1cccc3cccc(c13)N2c1cc(-c2nc(-n3c4ccccc4c4ccccc43)c3oc4ccccc4c3n2)c2ccccc2c1. The maximum atomic E-state index is 6.65. The molecule has 12 rings (SSSR count). The van der Waals surface area contributed by atoms with Crippen LogP contribution < -0.4 is 4.90 Å². The Labute approximate surface area is 303 Å². The first-order valence-corrected chi connectivity index (χ1v) is 17.9. The molecule has 11 aromatic rings. The van der Waals surface area contributed by atoms with Crippen molar-refractivity contribution < 1.29 is 4.42 Å². The average Bonchev–Trinajstić information content (AvgIpc) is 3.76. The molecule has 0 fully saturated rings. The fraction of sp³-hybridized carbons (Fsp3) is 0. The molecule has 53 heavy (non-hydrogen) atoms. The molecule has 0 spiro atoms. The molecule has 0 saturated carbocycles. The summed E-state index contributed by atoms with van der Waals surface area (Å²) in [4.78, 5) is 13.3. The van der Waals surface area contributed by atoms with Crippen LogP contribution in [0.15, 0.2) is 174 Å². The second-order valence-electron chi connectivity index (χ2n) is 13.8. The number of aromatic nitrogens is 3. The minimum absolute atomic E-state index is 0.642. The second kappa shape index (κ2) is 10.6. The predicted octanol–water partition coefficient (Wildman–Crippen LogP) is 12.9. The van der Waals surface area contributed by atoms with Crippen molar-refractivity contribution in [1.29, 1.82) is 0 Å². The predicted molar refractivity (Wildman–Crippen MR) is 218 cm³/mol. The molecular weight excluding hydrogens is 649 g/mol. The summed E-state index contributed by atoms with van der Waals surface area (Å²) in [6.45, 7) is 0. The minimum Gasteiger partial charge on any atom is -0.450 e. The van der Waals surface area contributed by atoms with Gasteiger partial charge >= 0.3 is 0 Å². The van der Waals surface area contributed by atoms with E-state index in [4.69, 9.17) is 14.4 Å². The lowest BCUT2D eigenvalue weighted by molar-refractivity contribution is 0.662. The highest BCUT2D eigenvalue weighted by Crippen LogP contribution is 2.51. The quantitative estimate of drug-likeness (QED) is 0.187. The van der Waals surface area contributed by atoms with E-state index in [2.05, 4.69) is 161 Å². The van der Waals surface area contributed by atoms with Crippen molar-refractivity contribution in [2.24, 2.45) is 0 Å². The third-order valence-electron chi connectivity index (χ3n) is 10.9. The van der Waals surface area contributed by atoms with Crippen LogP contribution in [0.4, 0.5) is 17.1 Å². The molecule has 0 amide bonds.